The number of benzene rings is 4. The molecule has 196 valence electrons. The van der Waals surface area contributed by atoms with Crippen LogP contribution in [-0.2, 0) is 18.5 Å². The lowest BCUT2D eigenvalue weighted by atomic mass is 9.70. The van der Waals surface area contributed by atoms with Crippen LogP contribution >= 0.6 is 0 Å². The quantitative estimate of drug-likeness (QED) is 0.249. The van der Waals surface area contributed by atoms with Crippen molar-refractivity contribution in [2.75, 3.05) is 22.9 Å². The smallest absolute Gasteiger partial charge is 0.210 e. The number of aromatic nitrogens is 4. The maximum Gasteiger partial charge on any atom is 0.210 e. The number of hydrogen-bond donors (Lipinski definition) is 0. The highest BCUT2D eigenvalue weighted by Gasteiger charge is 2.52. The normalized spacial score (nSPS) is 16.5. The van der Waals surface area contributed by atoms with Crippen LogP contribution in [0.2, 0.25) is 0 Å². The van der Waals surface area contributed by atoms with Crippen molar-refractivity contribution in [3.8, 4) is 22.3 Å². The van der Waals surface area contributed by atoms with E-state index in [1.165, 1.54) is 55.9 Å². The molecular weight excluding hydrogens is 504 g/mol. The summed E-state index contributed by atoms with van der Waals surface area (Å²) in [4.78, 5) is 14.1. The third kappa shape index (κ3) is 2.58. The van der Waals surface area contributed by atoms with Crippen molar-refractivity contribution in [3.63, 3.8) is 0 Å². The van der Waals surface area contributed by atoms with E-state index >= 15 is 0 Å². The molecule has 2 aliphatic heterocycles. The second kappa shape index (κ2) is 7.55. The molecule has 0 atom stereocenters. The van der Waals surface area contributed by atoms with E-state index in [0.717, 1.165) is 38.1 Å². The Bertz CT molecular complexity index is 1900. The Hall–Kier alpha value is -5.10. The molecule has 2 aliphatic carbocycles. The Labute approximate surface area is 237 Å². The molecule has 41 heavy (non-hydrogen) atoms. The van der Waals surface area contributed by atoms with Gasteiger partial charge in [-0.15, -0.1) is 0 Å². The fourth-order valence-electron chi connectivity index (χ4n) is 8.00. The van der Waals surface area contributed by atoms with Gasteiger partial charge in [-0.25, -0.2) is 9.97 Å². The van der Waals surface area contributed by atoms with E-state index in [4.69, 9.17) is 9.97 Å². The topological polar surface area (TPSA) is 42.1 Å². The van der Waals surface area contributed by atoms with Crippen molar-refractivity contribution >= 4 is 23.3 Å². The molecule has 0 unspecified atom stereocenters. The van der Waals surface area contributed by atoms with Gasteiger partial charge in [0.1, 0.15) is 0 Å². The van der Waals surface area contributed by atoms with Gasteiger partial charge in [0, 0.05) is 62.3 Å². The molecular formula is C35H26N6. The fraction of sp³-hybridized carbons (Fsp3) is 0.143. The molecule has 4 aromatic carbocycles. The molecule has 0 bridgehead atoms. The van der Waals surface area contributed by atoms with Crippen LogP contribution in [-0.4, -0.2) is 32.2 Å². The zero-order valence-corrected chi connectivity index (χ0v) is 22.4. The average molecular weight is 531 g/mol. The fourth-order valence-corrected chi connectivity index (χ4v) is 8.00. The molecule has 0 N–H and O–H groups in total. The van der Waals surface area contributed by atoms with Gasteiger partial charge in [0.2, 0.25) is 11.9 Å². The minimum Gasteiger partial charge on any atom is -0.315 e. The predicted molar refractivity (Wildman–Crippen MR) is 161 cm³/mol. The summed E-state index contributed by atoms with van der Waals surface area (Å²) in [5, 5.41) is 0. The highest BCUT2D eigenvalue weighted by molar-refractivity contribution is 5.96. The zero-order valence-electron chi connectivity index (χ0n) is 22.4. The molecule has 6 heteroatoms. The molecule has 0 saturated carbocycles. The molecule has 0 saturated heterocycles. The van der Waals surface area contributed by atoms with E-state index in [-0.39, 0.29) is 0 Å². The van der Waals surface area contributed by atoms with Gasteiger partial charge in [-0.2, -0.15) is 0 Å². The van der Waals surface area contributed by atoms with Gasteiger partial charge in [0.05, 0.1) is 5.41 Å². The molecule has 4 aliphatic rings. The lowest BCUT2D eigenvalue weighted by Crippen LogP contribution is -2.27. The van der Waals surface area contributed by atoms with Crippen LogP contribution < -0.4 is 9.80 Å². The molecule has 2 aromatic heterocycles. The number of anilines is 4. The summed E-state index contributed by atoms with van der Waals surface area (Å²) in [5.74, 6) is 2.04. The number of fused-ring (bicyclic) bond motifs is 12. The van der Waals surface area contributed by atoms with Crippen LogP contribution in [0.15, 0.2) is 110 Å². The summed E-state index contributed by atoms with van der Waals surface area (Å²) in [6.45, 7) is 3.78. The van der Waals surface area contributed by atoms with E-state index in [9.17, 15) is 0 Å². The molecule has 4 heterocycles. The van der Waals surface area contributed by atoms with Gasteiger partial charge in [-0.3, -0.25) is 0 Å². The maximum atomic E-state index is 4.69. The molecule has 0 radical (unpaired) electrons. The van der Waals surface area contributed by atoms with Crippen LogP contribution in [0, 0.1) is 0 Å². The van der Waals surface area contributed by atoms with E-state index in [1.54, 1.807) is 0 Å². The van der Waals surface area contributed by atoms with Crippen LogP contribution in [0.4, 0.5) is 23.3 Å². The van der Waals surface area contributed by atoms with Gasteiger partial charge < -0.3 is 18.9 Å². The Morgan fingerprint density at radius 1 is 0.488 bits per heavy atom. The van der Waals surface area contributed by atoms with Crippen molar-refractivity contribution in [3.05, 3.63) is 132 Å². The Kier molecular flexibility index (Phi) is 3.99. The van der Waals surface area contributed by atoms with E-state index in [2.05, 4.69) is 116 Å². The second-order valence-corrected chi connectivity index (χ2v) is 11.4. The van der Waals surface area contributed by atoms with Crippen LogP contribution in [0.5, 0.6) is 0 Å². The first-order valence-electron chi connectivity index (χ1n) is 14.4. The summed E-state index contributed by atoms with van der Waals surface area (Å²) in [6.07, 6.45) is 7.96. The Balaban J connectivity index is 1.26. The second-order valence-electron chi connectivity index (χ2n) is 11.4. The van der Waals surface area contributed by atoms with Crippen molar-refractivity contribution in [2.45, 2.75) is 18.5 Å². The van der Waals surface area contributed by atoms with Gasteiger partial charge in [0.15, 0.2) is 0 Å². The van der Waals surface area contributed by atoms with E-state index in [0.29, 0.717) is 0 Å². The van der Waals surface area contributed by atoms with Crippen LogP contribution in [0.1, 0.15) is 22.3 Å². The minimum absolute atomic E-state index is 0.395. The zero-order chi connectivity index (χ0) is 26.7. The molecule has 1 spiro atoms. The van der Waals surface area contributed by atoms with Gasteiger partial charge >= 0.3 is 0 Å². The highest BCUT2D eigenvalue weighted by Crippen LogP contribution is 2.63. The number of rotatable bonds is 2. The third-order valence-corrected chi connectivity index (χ3v) is 9.68. The summed E-state index contributed by atoms with van der Waals surface area (Å²) < 4.78 is 4.48. The maximum absolute atomic E-state index is 4.69. The SMILES string of the molecule is c1ccc2c(c1)-c1ccccc1C21c2cc(N3CCn4ccnc43)ccc2-c2ccc(N3CCn4ccnc43)cc21. The monoisotopic (exact) mass is 530 g/mol. The molecule has 6 aromatic rings. The first kappa shape index (κ1) is 21.7. The first-order chi connectivity index (χ1) is 20.3. The number of hydrogen-bond acceptors (Lipinski definition) is 4. The minimum atomic E-state index is -0.395. The van der Waals surface area contributed by atoms with Crippen molar-refractivity contribution in [1.29, 1.82) is 0 Å². The van der Waals surface area contributed by atoms with E-state index in [1.807, 2.05) is 12.4 Å². The van der Waals surface area contributed by atoms with Crippen LogP contribution in [0.25, 0.3) is 22.3 Å². The lowest BCUT2D eigenvalue weighted by molar-refractivity contribution is 0.787. The molecule has 6 nitrogen and oxygen atoms in total. The first-order valence-corrected chi connectivity index (χ1v) is 14.4. The molecule has 10 rings (SSSR count). The van der Waals surface area contributed by atoms with Gasteiger partial charge in [0.25, 0.3) is 0 Å². The summed E-state index contributed by atoms with van der Waals surface area (Å²) in [7, 11) is 0. The Morgan fingerprint density at radius 3 is 1.46 bits per heavy atom. The third-order valence-electron chi connectivity index (χ3n) is 9.68. The van der Waals surface area contributed by atoms with Gasteiger partial charge in [-0.05, 0) is 68.8 Å². The number of imidazole rings is 2. The largest absolute Gasteiger partial charge is 0.315 e. The summed E-state index contributed by atoms with van der Waals surface area (Å²) >= 11 is 0. The predicted octanol–water partition coefficient (Wildman–Crippen LogP) is 6.73. The van der Waals surface area contributed by atoms with Crippen molar-refractivity contribution in [1.82, 2.24) is 19.1 Å². The lowest BCUT2D eigenvalue weighted by Gasteiger charge is -2.32. The van der Waals surface area contributed by atoms with Crippen molar-refractivity contribution < 1.29 is 0 Å². The summed E-state index contributed by atoms with van der Waals surface area (Å²) in [6, 6.07) is 32.2. The molecule has 0 fully saturated rings. The van der Waals surface area contributed by atoms with E-state index < -0.39 is 5.41 Å². The van der Waals surface area contributed by atoms with Crippen LogP contribution in [0.3, 0.4) is 0 Å². The number of nitrogens with zero attached hydrogens (tertiary/aromatic N) is 6. The highest BCUT2D eigenvalue weighted by atomic mass is 15.4. The standard InChI is InChI=1S/C35H26N6/c1-3-7-29-25(5-1)26-6-2-4-8-30(26)35(29)31-21-23(40-19-17-38-15-13-36-33(38)40)9-11-27(31)28-12-10-24(22-32(28)35)41-20-18-39-16-14-37-34(39)41/h1-16,21-22H,17-20H2. The molecule has 0 amide bonds. The average Bonchev–Trinajstić information content (AvgIpc) is 3.84. The Morgan fingerprint density at radius 2 is 0.951 bits per heavy atom. The summed E-state index contributed by atoms with van der Waals surface area (Å²) in [5.41, 5.74) is 12.7. The van der Waals surface area contributed by atoms with Crippen molar-refractivity contribution in [2.24, 2.45) is 0 Å². The van der Waals surface area contributed by atoms with Gasteiger partial charge in [-0.1, -0.05) is 60.7 Å².